The fourth-order valence-corrected chi connectivity index (χ4v) is 7.19. The quantitative estimate of drug-likeness (QED) is 0.0323. The number of carboxylic acids is 2. The third kappa shape index (κ3) is 41.0. The number of carboxylic acid groups (broad SMARTS) is 2. The maximum Gasteiger partial charge on any atom is 0.338 e. The predicted octanol–water partition coefficient (Wildman–Crippen LogP) is 13.8. The lowest BCUT2D eigenvalue weighted by molar-refractivity contribution is -0.155. The average Bonchev–Trinajstić information content (AvgIpc) is 4.19. The summed E-state index contributed by atoms with van der Waals surface area (Å²) in [5, 5.41) is 16.6. The number of carbonyl (C=O) groups is 10. The largest absolute Gasteiger partial charge is 0.481 e. The summed E-state index contributed by atoms with van der Waals surface area (Å²) in [6.45, 7) is 28.5. The Kier molecular flexibility index (Phi) is 52.2. The Hall–Kier alpha value is -7.10. The van der Waals surface area contributed by atoms with Crippen LogP contribution in [-0.4, -0.2) is 69.9 Å². The zero-order valence-electron chi connectivity index (χ0n) is 50.3. The van der Waals surface area contributed by atoms with Gasteiger partial charge < -0.3 is 29.2 Å². The molecule has 16 nitrogen and oxygen atoms in total. The standard InChI is InChI=1S/C12H16O3.C10H14O3.C10H18O2.C8H14.2C6H12.2C4H2O3.C4H6O2/c1-3-7-5-6-8(4-2)10-9(7)11(13)15-12(10)14;1-3-4-5-7(2)8-6-9(11)13-10(8)12;1-4-6-7-8(3)9(5-2)10(11)12;1-3-5-7-8-6-4-2;2*1-3-5-6-4-2;2*5-3-1-2-4(6)7-3;1-2-3-4(5)6/h5-10H,3-4H2,1-2H3;4-5,7-8H,3,6H2,1-2H3;6-9H,4-5H2,1-3H3,(H,11,12);5-8H,3-4H2,1-2H3;2*5-6H,3-4H2,1-2H3;2*1-2H;2-3H,1H3,(H,5,6)/b;;;;;;;;3-2-. The normalized spacial score (nSPS) is 20.4. The van der Waals surface area contributed by atoms with Crippen LogP contribution in [-0.2, 0) is 66.9 Å². The van der Waals surface area contributed by atoms with Crippen molar-refractivity contribution in [2.75, 3.05) is 0 Å². The number of hydrogen-bond donors (Lipinski definition) is 2. The number of fused-ring (bicyclic) bond motifs is 1. The van der Waals surface area contributed by atoms with Gasteiger partial charge >= 0.3 is 59.7 Å². The van der Waals surface area contributed by atoms with Crippen LogP contribution in [0, 0.1) is 47.3 Å². The average molecular weight is 1120 g/mol. The third-order valence-electron chi connectivity index (χ3n) is 11.4. The van der Waals surface area contributed by atoms with E-state index in [4.69, 9.17) is 14.9 Å². The van der Waals surface area contributed by atoms with E-state index in [1.807, 2.05) is 72.8 Å². The molecule has 2 N–H and O–H groups in total. The maximum absolute atomic E-state index is 11.6. The van der Waals surface area contributed by atoms with E-state index in [9.17, 15) is 47.9 Å². The molecular weight excluding hydrogens is 1020 g/mol. The molecule has 8 unspecified atom stereocenters. The van der Waals surface area contributed by atoms with Crippen LogP contribution in [0.25, 0.3) is 0 Å². The van der Waals surface area contributed by atoms with Crippen molar-refractivity contribution in [3.05, 3.63) is 122 Å². The molecule has 5 aliphatic rings. The van der Waals surface area contributed by atoms with E-state index in [0.717, 1.165) is 68.9 Å². The summed E-state index contributed by atoms with van der Waals surface area (Å²) in [4.78, 5) is 105. The Morgan fingerprint density at radius 3 is 1.11 bits per heavy atom. The van der Waals surface area contributed by atoms with Crippen molar-refractivity contribution in [3.8, 4) is 0 Å². The predicted molar refractivity (Wildman–Crippen MR) is 314 cm³/mol. The van der Waals surface area contributed by atoms with Crippen molar-refractivity contribution in [2.45, 2.75) is 174 Å². The first-order valence-corrected chi connectivity index (χ1v) is 28.1. The van der Waals surface area contributed by atoms with Crippen molar-refractivity contribution >= 4 is 59.7 Å². The lowest BCUT2D eigenvalue weighted by atomic mass is 9.70. The fourth-order valence-electron chi connectivity index (χ4n) is 7.19. The van der Waals surface area contributed by atoms with Gasteiger partial charge in [0, 0.05) is 30.4 Å². The van der Waals surface area contributed by atoms with Gasteiger partial charge in [0.15, 0.2) is 0 Å². The minimum atomic E-state index is -0.891. The molecule has 80 heavy (non-hydrogen) atoms. The van der Waals surface area contributed by atoms with E-state index in [0.29, 0.717) is 6.42 Å². The van der Waals surface area contributed by atoms with Crippen molar-refractivity contribution in [2.24, 2.45) is 47.3 Å². The maximum atomic E-state index is 11.6. The van der Waals surface area contributed by atoms with Crippen molar-refractivity contribution in [1.82, 2.24) is 0 Å². The zero-order valence-corrected chi connectivity index (χ0v) is 50.3. The van der Waals surface area contributed by atoms with Gasteiger partial charge in [-0.25, -0.2) is 24.0 Å². The van der Waals surface area contributed by atoms with Crippen LogP contribution in [0.15, 0.2) is 122 Å². The van der Waals surface area contributed by atoms with Crippen molar-refractivity contribution < 1.29 is 77.1 Å². The van der Waals surface area contributed by atoms with Crippen LogP contribution in [0.5, 0.6) is 0 Å². The molecule has 0 spiro atoms. The van der Waals surface area contributed by atoms with Gasteiger partial charge in [-0.15, -0.1) is 0 Å². The van der Waals surface area contributed by atoms with Crippen LogP contribution in [0.3, 0.4) is 0 Å². The number of carbonyl (C=O) groups excluding carboxylic acids is 8. The molecule has 0 amide bonds. The molecule has 0 radical (unpaired) electrons. The number of aliphatic carboxylic acids is 2. The van der Waals surface area contributed by atoms with Gasteiger partial charge in [0.25, 0.3) is 0 Å². The van der Waals surface area contributed by atoms with Gasteiger partial charge in [0.1, 0.15) is 0 Å². The molecule has 0 aromatic rings. The van der Waals surface area contributed by atoms with Gasteiger partial charge in [-0.05, 0) is 101 Å². The first-order valence-electron chi connectivity index (χ1n) is 28.1. The molecular formula is C64H96O16. The highest BCUT2D eigenvalue weighted by Crippen LogP contribution is 2.42. The van der Waals surface area contributed by atoms with Crippen LogP contribution in [0.4, 0.5) is 0 Å². The van der Waals surface area contributed by atoms with E-state index in [1.54, 1.807) is 6.92 Å². The summed E-state index contributed by atoms with van der Waals surface area (Å²) in [6.07, 6.45) is 47.8. The highest BCUT2D eigenvalue weighted by molar-refractivity contribution is 6.05. The molecule has 0 aromatic heterocycles. The van der Waals surface area contributed by atoms with E-state index in [-0.39, 0.29) is 71.7 Å². The van der Waals surface area contributed by atoms with Crippen LogP contribution in [0.2, 0.25) is 0 Å². The van der Waals surface area contributed by atoms with Crippen molar-refractivity contribution in [1.29, 1.82) is 0 Å². The van der Waals surface area contributed by atoms with E-state index in [1.165, 1.54) is 31.8 Å². The van der Waals surface area contributed by atoms with Crippen LogP contribution >= 0.6 is 0 Å². The molecule has 4 heterocycles. The molecule has 2 fully saturated rings. The number of esters is 8. The Morgan fingerprint density at radius 2 is 0.875 bits per heavy atom. The van der Waals surface area contributed by atoms with Crippen LogP contribution in [0.1, 0.15) is 174 Å². The van der Waals surface area contributed by atoms with Crippen LogP contribution < -0.4 is 0 Å². The number of hydrogen-bond acceptors (Lipinski definition) is 14. The third-order valence-corrected chi connectivity index (χ3v) is 11.4. The minimum absolute atomic E-state index is 0.0962. The highest BCUT2D eigenvalue weighted by atomic mass is 16.6. The molecule has 448 valence electrons. The molecule has 5 rings (SSSR count). The smallest absolute Gasteiger partial charge is 0.338 e. The molecule has 0 saturated carbocycles. The minimum Gasteiger partial charge on any atom is -0.481 e. The molecule has 2 saturated heterocycles. The highest BCUT2D eigenvalue weighted by Gasteiger charge is 2.51. The molecule has 4 aliphatic heterocycles. The summed E-state index contributed by atoms with van der Waals surface area (Å²) in [6, 6.07) is 0. The number of cyclic esters (lactones) is 8. The Morgan fingerprint density at radius 1 is 0.512 bits per heavy atom. The lowest BCUT2D eigenvalue weighted by Crippen LogP contribution is -2.33. The second kappa shape index (κ2) is 52.6. The summed E-state index contributed by atoms with van der Waals surface area (Å²) in [5.74, 6) is -5.66. The Bertz CT molecular complexity index is 2010. The molecule has 0 bridgehead atoms. The summed E-state index contributed by atoms with van der Waals surface area (Å²) in [5.41, 5.74) is 0. The Balaban J connectivity index is -0.000000416. The number of allylic oxidation sites excluding steroid dienone is 15. The van der Waals surface area contributed by atoms with E-state index < -0.39 is 41.8 Å². The number of ether oxygens (including phenoxy) is 4. The number of rotatable bonds is 18. The Labute approximate surface area is 478 Å². The SMILES string of the molecule is C/C=C\C(=O)O.CCC1C=CC(CC)C2C(=O)OC(=O)C12.CCC=CC(C)C(CC)C(=O)O.CCC=CC(C)C1CC(=O)OC1=O.CCC=CC=CCC.CCC=CCC.CCC=CCC.O=C1C=CC(=O)O1.O=C1C=CC(=O)O1. The zero-order chi connectivity index (χ0) is 61.8. The topological polar surface area (TPSA) is 248 Å². The van der Waals surface area contributed by atoms with E-state index >= 15 is 0 Å². The van der Waals surface area contributed by atoms with E-state index in [2.05, 4.69) is 117 Å². The van der Waals surface area contributed by atoms with Crippen molar-refractivity contribution in [3.63, 3.8) is 0 Å². The fraction of sp³-hybridized carbons (Fsp3) is 0.531. The molecule has 0 aromatic carbocycles. The monoisotopic (exact) mass is 1120 g/mol. The second-order valence-corrected chi connectivity index (χ2v) is 17.9. The molecule has 16 heteroatoms. The lowest BCUT2D eigenvalue weighted by Gasteiger charge is -2.29. The van der Waals surface area contributed by atoms with Gasteiger partial charge in [-0.3, -0.25) is 24.0 Å². The van der Waals surface area contributed by atoms with Gasteiger partial charge in [0.05, 0.1) is 30.1 Å². The summed E-state index contributed by atoms with van der Waals surface area (Å²) in [7, 11) is 0. The summed E-state index contributed by atoms with van der Waals surface area (Å²) >= 11 is 0. The second-order valence-electron chi connectivity index (χ2n) is 17.9. The molecule has 1 aliphatic carbocycles. The van der Waals surface area contributed by atoms with Gasteiger partial charge in [0.2, 0.25) is 0 Å². The first kappa shape index (κ1) is 79.4. The van der Waals surface area contributed by atoms with Gasteiger partial charge in [-0.1, -0.05) is 181 Å². The molecule has 8 atom stereocenters. The summed E-state index contributed by atoms with van der Waals surface area (Å²) < 4.78 is 17.2. The van der Waals surface area contributed by atoms with Gasteiger partial charge in [-0.2, -0.15) is 0 Å². The first-order chi connectivity index (χ1) is 38.0.